The molecule has 0 aliphatic rings. The molecule has 0 saturated carbocycles. The summed E-state index contributed by atoms with van der Waals surface area (Å²) in [6.07, 6.45) is 0. The predicted octanol–water partition coefficient (Wildman–Crippen LogP) is 16.2. The average molecular weight is 847 g/mol. The highest BCUT2D eigenvalue weighted by atomic mass is 32.1. The molecule has 5 nitrogen and oxygen atoms in total. The van der Waals surface area contributed by atoms with Crippen molar-refractivity contribution in [3.63, 3.8) is 0 Å². The quantitative estimate of drug-likeness (QED) is 0.173. The van der Waals surface area contributed by atoms with Gasteiger partial charge in [0.05, 0.1) is 16.7 Å². The van der Waals surface area contributed by atoms with E-state index in [-0.39, 0.29) is 0 Å². The molecule has 4 heterocycles. The first-order chi connectivity index (χ1) is 32.2. The highest BCUT2D eigenvalue weighted by molar-refractivity contribution is 7.26. The summed E-state index contributed by atoms with van der Waals surface area (Å²) < 4.78 is 11.5. The molecule has 0 atom stereocenters. The van der Waals surface area contributed by atoms with Crippen LogP contribution >= 0.6 is 11.3 Å². The number of hydrogen-bond acceptors (Lipinski definition) is 5. The minimum absolute atomic E-state index is 0.599. The summed E-state index contributed by atoms with van der Waals surface area (Å²) >= 11 is 1.78. The first kappa shape index (κ1) is 36.1. The minimum Gasteiger partial charge on any atom is -0.456 e. The molecule has 0 fully saturated rings. The number of aromatic nitrogens is 4. The van der Waals surface area contributed by atoms with E-state index >= 15 is 0 Å². The third kappa shape index (κ3) is 5.54. The molecule has 0 saturated heterocycles. The molecule has 0 aliphatic carbocycles. The van der Waals surface area contributed by atoms with Gasteiger partial charge in [-0.3, -0.25) is 0 Å². The maximum Gasteiger partial charge on any atom is 0.165 e. The number of para-hydroxylation sites is 2. The zero-order valence-electron chi connectivity index (χ0n) is 34.7. The lowest BCUT2D eigenvalue weighted by Gasteiger charge is -2.18. The van der Waals surface area contributed by atoms with Gasteiger partial charge in [0.2, 0.25) is 0 Å². The van der Waals surface area contributed by atoms with Crippen LogP contribution in [0.2, 0.25) is 0 Å². The largest absolute Gasteiger partial charge is 0.456 e. The van der Waals surface area contributed by atoms with Gasteiger partial charge in [0.15, 0.2) is 17.5 Å². The van der Waals surface area contributed by atoms with Crippen molar-refractivity contribution in [1.82, 2.24) is 19.5 Å². The molecule has 14 aromatic rings. The molecule has 0 radical (unpaired) electrons. The van der Waals surface area contributed by atoms with Gasteiger partial charge in [-0.25, -0.2) is 15.0 Å². The molecule has 65 heavy (non-hydrogen) atoms. The fraction of sp³-hybridized carbons (Fsp3) is 0. The summed E-state index contributed by atoms with van der Waals surface area (Å²) in [5.41, 5.74) is 9.94. The van der Waals surface area contributed by atoms with E-state index < -0.39 is 0 Å². The SMILES string of the molecule is c1ccc(-c2nc(-c3ccc(-n4c5ccccc5c5cc6ccccc6cc54)c(-c4c5ccccc5cc5oc6ccccc6c45)c3)nc(-c3cccc4c3sc3ccccc34)n2)cc1. The van der Waals surface area contributed by atoms with E-state index in [0.717, 1.165) is 81.9 Å². The highest BCUT2D eigenvalue weighted by Crippen LogP contribution is 2.47. The van der Waals surface area contributed by atoms with Gasteiger partial charge >= 0.3 is 0 Å². The van der Waals surface area contributed by atoms with Gasteiger partial charge in [0.25, 0.3) is 0 Å². The zero-order chi connectivity index (χ0) is 42.6. The summed E-state index contributed by atoms with van der Waals surface area (Å²) in [4.78, 5) is 15.9. The predicted molar refractivity (Wildman–Crippen MR) is 271 cm³/mol. The Morgan fingerprint density at radius 3 is 1.91 bits per heavy atom. The van der Waals surface area contributed by atoms with Crippen molar-refractivity contribution in [3.8, 4) is 51.0 Å². The van der Waals surface area contributed by atoms with E-state index in [1.165, 1.54) is 37.0 Å². The van der Waals surface area contributed by atoms with Crippen LogP contribution in [0.1, 0.15) is 0 Å². The molecule has 0 spiro atoms. The Morgan fingerprint density at radius 1 is 0.385 bits per heavy atom. The number of nitrogens with zero attached hydrogens (tertiary/aromatic N) is 4. The van der Waals surface area contributed by atoms with Crippen molar-refractivity contribution in [2.45, 2.75) is 0 Å². The molecule has 0 unspecified atom stereocenters. The summed E-state index contributed by atoms with van der Waals surface area (Å²) in [6, 6.07) is 73.3. The molecular formula is C59H34N4OS. The van der Waals surface area contributed by atoms with E-state index in [1.54, 1.807) is 11.3 Å². The molecule has 10 aromatic carbocycles. The number of benzene rings is 10. The minimum atomic E-state index is 0.599. The molecule has 0 aliphatic heterocycles. The lowest BCUT2D eigenvalue weighted by Crippen LogP contribution is -2.02. The zero-order valence-corrected chi connectivity index (χ0v) is 35.6. The van der Waals surface area contributed by atoms with E-state index in [1.807, 2.05) is 24.3 Å². The van der Waals surface area contributed by atoms with Gasteiger partial charge in [-0.15, -0.1) is 11.3 Å². The van der Waals surface area contributed by atoms with Gasteiger partial charge in [0.1, 0.15) is 11.2 Å². The number of hydrogen-bond donors (Lipinski definition) is 0. The van der Waals surface area contributed by atoms with E-state index in [4.69, 9.17) is 19.4 Å². The lowest BCUT2D eigenvalue weighted by atomic mass is 9.91. The number of rotatable bonds is 5. The van der Waals surface area contributed by atoms with E-state index in [9.17, 15) is 0 Å². The summed E-state index contributed by atoms with van der Waals surface area (Å²) in [5.74, 6) is 1.86. The fourth-order valence-corrected chi connectivity index (χ4v) is 11.3. The van der Waals surface area contributed by atoms with Gasteiger partial charge in [0, 0.05) is 69.5 Å². The van der Waals surface area contributed by atoms with E-state index in [2.05, 4.69) is 187 Å². The van der Waals surface area contributed by atoms with Crippen molar-refractivity contribution in [1.29, 1.82) is 0 Å². The fourth-order valence-electron chi connectivity index (χ4n) is 10.1. The second-order valence-corrected chi connectivity index (χ2v) is 17.7. The maximum atomic E-state index is 6.70. The Labute approximate surface area is 376 Å². The summed E-state index contributed by atoms with van der Waals surface area (Å²) in [7, 11) is 0. The topological polar surface area (TPSA) is 56.7 Å². The molecular weight excluding hydrogens is 813 g/mol. The van der Waals surface area contributed by atoms with Crippen LogP contribution in [0.25, 0.3) is 136 Å². The van der Waals surface area contributed by atoms with Crippen LogP contribution in [-0.2, 0) is 0 Å². The third-order valence-corrected chi connectivity index (χ3v) is 14.2. The summed E-state index contributed by atoms with van der Waals surface area (Å²) in [6.45, 7) is 0. The van der Waals surface area contributed by atoms with Gasteiger partial charge < -0.3 is 8.98 Å². The maximum absolute atomic E-state index is 6.70. The first-order valence-electron chi connectivity index (χ1n) is 21.8. The molecule has 4 aromatic heterocycles. The van der Waals surface area contributed by atoms with Crippen molar-refractivity contribution < 1.29 is 4.42 Å². The standard InChI is InChI=1S/C59H34N4OS/c1-2-15-35(16-3-1)57-60-58(62-59(61-57)45-25-14-24-43-42-22-10-13-28-53(42)65-56(43)45)39-29-30-49(63-48-26-11-8-21-41(48)46-31-36-17-4-5-18-37(36)33-50(46)63)47(32-39)54-40-20-7-6-19-38(40)34-52-55(54)44-23-9-12-27-51(44)64-52/h1-34H. The van der Waals surface area contributed by atoms with Crippen LogP contribution in [0.5, 0.6) is 0 Å². The van der Waals surface area contributed by atoms with Gasteiger partial charge in [-0.05, 0) is 82.2 Å². The van der Waals surface area contributed by atoms with Crippen molar-refractivity contribution in [2.24, 2.45) is 0 Å². The van der Waals surface area contributed by atoms with Crippen molar-refractivity contribution in [3.05, 3.63) is 206 Å². The molecule has 302 valence electrons. The second kappa shape index (κ2) is 14.0. The highest BCUT2D eigenvalue weighted by Gasteiger charge is 2.24. The Kier molecular flexibility index (Phi) is 7.79. The van der Waals surface area contributed by atoms with E-state index in [0.29, 0.717) is 17.5 Å². The lowest BCUT2D eigenvalue weighted by molar-refractivity contribution is 0.669. The van der Waals surface area contributed by atoms with Crippen LogP contribution < -0.4 is 0 Å². The molecule has 6 heteroatoms. The molecule has 0 amide bonds. The Morgan fingerprint density at radius 2 is 1.05 bits per heavy atom. The second-order valence-electron chi connectivity index (χ2n) is 16.7. The van der Waals surface area contributed by atoms with Crippen LogP contribution in [0, 0.1) is 0 Å². The van der Waals surface area contributed by atoms with Crippen LogP contribution in [-0.4, -0.2) is 19.5 Å². The smallest absolute Gasteiger partial charge is 0.165 e. The van der Waals surface area contributed by atoms with Crippen LogP contribution in [0.4, 0.5) is 0 Å². The Balaban J connectivity index is 1.11. The number of fused-ring (bicyclic) bond motifs is 11. The third-order valence-electron chi connectivity index (χ3n) is 13.0. The van der Waals surface area contributed by atoms with Crippen LogP contribution in [0.3, 0.4) is 0 Å². The van der Waals surface area contributed by atoms with Gasteiger partial charge in [-0.1, -0.05) is 146 Å². The van der Waals surface area contributed by atoms with Crippen molar-refractivity contribution in [2.75, 3.05) is 0 Å². The Hall–Kier alpha value is -8.45. The number of thiophene rings is 1. The van der Waals surface area contributed by atoms with Crippen molar-refractivity contribution >= 4 is 96.8 Å². The molecule has 0 bridgehead atoms. The normalized spacial score (nSPS) is 12.0. The van der Waals surface area contributed by atoms with Crippen LogP contribution in [0.15, 0.2) is 211 Å². The first-order valence-corrected chi connectivity index (χ1v) is 22.7. The Bertz CT molecular complexity index is 4260. The molecule has 0 N–H and O–H groups in total. The summed E-state index contributed by atoms with van der Waals surface area (Å²) in [5, 5.41) is 11.6. The average Bonchev–Trinajstić information content (AvgIpc) is 4.04. The monoisotopic (exact) mass is 846 g/mol. The number of furan rings is 1. The molecule has 14 rings (SSSR count). The van der Waals surface area contributed by atoms with Gasteiger partial charge in [-0.2, -0.15) is 0 Å².